The van der Waals surface area contributed by atoms with E-state index in [9.17, 15) is 0 Å². The van der Waals surface area contributed by atoms with E-state index in [1.54, 1.807) is 0 Å². The summed E-state index contributed by atoms with van der Waals surface area (Å²) in [6.45, 7) is 0. The van der Waals surface area contributed by atoms with Gasteiger partial charge >= 0.3 is 0 Å². The van der Waals surface area contributed by atoms with Gasteiger partial charge in [0.05, 0.1) is 0 Å². The zero-order valence-electron chi connectivity index (χ0n) is 36.1. The highest BCUT2D eigenvalue weighted by atomic mass is 16.3. The second-order valence-electron chi connectivity index (χ2n) is 16.8. The van der Waals surface area contributed by atoms with Crippen molar-refractivity contribution in [1.29, 1.82) is 0 Å². The fourth-order valence-corrected chi connectivity index (χ4v) is 10.0. The quantitative estimate of drug-likeness (QED) is 0.128. The molecule has 10 aromatic rings. The summed E-state index contributed by atoms with van der Waals surface area (Å²) in [6, 6.07) is 13.4. The Morgan fingerprint density at radius 1 is 0.221 bits per heavy atom. The largest absolute Gasteiger partial charge is 0.457 e. The van der Waals surface area contributed by atoms with E-state index in [0.29, 0.717) is 21.9 Å². The van der Waals surface area contributed by atoms with Crippen LogP contribution in [0.1, 0.15) is 0 Å². The molecule has 260 valence electrons. The van der Waals surface area contributed by atoms with Gasteiger partial charge in [-0.3, -0.25) is 0 Å². The molecule has 68 heavy (non-hydrogen) atoms. The predicted molar refractivity (Wildman–Crippen MR) is 313 cm³/mol. The lowest BCUT2D eigenvalue weighted by molar-refractivity contribution is 0.675. The van der Waals surface area contributed by atoms with Crippen molar-refractivity contribution in [1.82, 2.24) is 0 Å². The summed E-state index contributed by atoms with van der Waals surface area (Å²) in [6.07, 6.45) is 0. The monoisotopic (exact) mass is 806 g/mol. The Morgan fingerprint density at radius 3 is 1.06 bits per heavy atom. The van der Waals surface area contributed by atoms with E-state index in [1.807, 2.05) is 42.5 Å². The van der Waals surface area contributed by atoms with Crippen LogP contribution >= 0.6 is 0 Å². The number of fused-ring (bicyclic) bond motifs is 7. The van der Waals surface area contributed by atoms with Crippen LogP contribution in [-0.2, 0) is 0 Å². The zero-order chi connectivity index (χ0) is 49.2. The lowest BCUT2D eigenvalue weighted by Gasteiger charge is -2.32. The molecule has 0 spiro atoms. The Bertz CT molecular complexity index is 3930. The molecule has 0 N–H and O–H groups in total. The van der Waals surface area contributed by atoms with E-state index >= 15 is 0 Å². The summed E-state index contributed by atoms with van der Waals surface area (Å²) in [5, 5.41) is 3.38. The maximum absolute atomic E-state index is 7.25. The number of furan rings is 1. The second-order valence-corrected chi connectivity index (χ2v) is 16.8. The molecule has 0 saturated heterocycles. The van der Waals surface area contributed by atoms with Crippen LogP contribution in [0.2, 0.25) is 0 Å². The molecule has 22 heteroatoms. The summed E-state index contributed by atoms with van der Waals surface area (Å²) in [4.78, 5) is 0. The van der Waals surface area contributed by atoms with Gasteiger partial charge < -0.3 is 4.42 Å². The van der Waals surface area contributed by atoms with Crippen LogP contribution in [0.25, 0.3) is 98.4 Å². The standard InChI is InChI=1S/C46H7B21O/c47-24-21-22(35(58)42(65)41(64)34(21)57)36(59)46-23(24)18-17(29(52)43(66)44(67)45(18)68-46)20-32(55)30(53)19(31(54)33(20)56)12-15-13(25(48)37(60)39(62)27(15)50)11(10-7-3-5-8-4-1-2-6-9(8)10)14-16(12)28(51)40(63)38(61)26(14)49/h1-7H. The summed E-state index contributed by atoms with van der Waals surface area (Å²) < 4.78 is 6.39. The van der Waals surface area contributed by atoms with E-state index < -0.39 is 0 Å². The number of benzene rings is 9. The van der Waals surface area contributed by atoms with Gasteiger partial charge in [-0.05, 0) is 81.9 Å². The SMILES string of the molecule is [B]c1c([B])c(-c2c([B])c([B])c([B])c3oc4c([B])c5c([B])c([B])c([B])c([B])c5c([B])c4c23)c([B])c([B])c1-c1c2c([B])c([B])c([B])c([B])c2c(-c2cccc3ccccc23)c2c([B])c([B])c([B])c([B])c12. The van der Waals surface area contributed by atoms with Gasteiger partial charge in [0.2, 0.25) is 0 Å². The molecule has 42 radical (unpaired) electrons. The molecule has 1 aromatic heterocycles. The van der Waals surface area contributed by atoms with E-state index in [2.05, 4.69) is 0 Å². The molecule has 0 fully saturated rings. The first-order valence-corrected chi connectivity index (χ1v) is 20.5. The lowest BCUT2D eigenvalue weighted by Crippen LogP contribution is -2.51. The molecule has 1 nitrogen and oxygen atoms in total. The van der Waals surface area contributed by atoms with Crippen molar-refractivity contribution >= 4 is 345 Å². The highest BCUT2D eigenvalue weighted by Crippen LogP contribution is 2.42. The third-order valence-corrected chi connectivity index (χ3v) is 13.5. The third-order valence-electron chi connectivity index (χ3n) is 13.5. The molecule has 1 heterocycles. The Balaban J connectivity index is 1.42. The molecule has 10 rings (SSSR count). The summed E-state index contributed by atoms with van der Waals surface area (Å²) >= 11 is 0. The smallest absolute Gasteiger partial charge is 0.128 e. The molecular formula is C46H7B21O. The first-order chi connectivity index (χ1) is 32.1. The fraction of sp³-hybridized carbons (Fsp3) is 0. The topological polar surface area (TPSA) is 13.1 Å². The molecule has 0 saturated carbocycles. The minimum absolute atomic E-state index is 0.00233. The van der Waals surface area contributed by atoms with Gasteiger partial charge in [0.1, 0.15) is 176 Å². The normalized spacial score (nSPS) is 11.9. The van der Waals surface area contributed by atoms with E-state index in [0.717, 1.165) is 10.8 Å². The van der Waals surface area contributed by atoms with Gasteiger partial charge in [-0.25, -0.2) is 0 Å². The second kappa shape index (κ2) is 16.1. The third kappa shape index (κ3) is 6.00. The fourth-order valence-electron chi connectivity index (χ4n) is 10.0. The van der Waals surface area contributed by atoms with Crippen molar-refractivity contribution in [3.63, 3.8) is 0 Å². The summed E-state index contributed by atoms with van der Waals surface area (Å²) in [5.41, 5.74) is 0.247. The molecule has 0 amide bonds. The van der Waals surface area contributed by atoms with Crippen molar-refractivity contribution in [2.45, 2.75) is 0 Å². The van der Waals surface area contributed by atoms with Crippen LogP contribution in [0.5, 0.6) is 0 Å². The van der Waals surface area contributed by atoms with Crippen molar-refractivity contribution in [3.8, 4) is 33.4 Å². The Kier molecular flexibility index (Phi) is 11.1. The average molecular weight is 803 g/mol. The number of rotatable bonds is 3. The Morgan fingerprint density at radius 2 is 0.574 bits per heavy atom. The maximum atomic E-state index is 7.25. The molecule has 0 unspecified atom stereocenters. The molecule has 0 atom stereocenters. The van der Waals surface area contributed by atoms with Gasteiger partial charge in [-0.1, -0.05) is 113 Å². The van der Waals surface area contributed by atoms with Crippen LogP contribution in [0.15, 0.2) is 46.9 Å². The predicted octanol–water partition coefficient (Wildman–Crippen LogP) is -12.1. The van der Waals surface area contributed by atoms with Gasteiger partial charge in [0, 0.05) is 10.8 Å². The van der Waals surface area contributed by atoms with Gasteiger partial charge in [-0.2, -0.15) is 0 Å². The minimum atomic E-state index is -0.171. The van der Waals surface area contributed by atoms with Crippen molar-refractivity contribution < 1.29 is 4.42 Å². The van der Waals surface area contributed by atoms with Crippen molar-refractivity contribution in [2.24, 2.45) is 0 Å². The van der Waals surface area contributed by atoms with Gasteiger partial charge in [-0.15, -0.1) is 38.2 Å². The summed E-state index contributed by atoms with van der Waals surface area (Å²) in [7, 11) is 143. The lowest BCUT2D eigenvalue weighted by atomic mass is 9.56. The van der Waals surface area contributed by atoms with Crippen LogP contribution < -0.4 is 115 Å². The number of hydrogen-bond acceptors (Lipinski definition) is 1. The molecule has 9 aromatic carbocycles. The maximum Gasteiger partial charge on any atom is 0.128 e. The average Bonchev–Trinajstić information content (AvgIpc) is 3.73. The van der Waals surface area contributed by atoms with Crippen LogP contribution in [0.3, 0.4) is 0 Å². The van der Waals surface area contributed by atoms with Crippen LogP contribution in [0, 0.1) is 0 Å². The molecule has 0 bridgehead atoms. The van der Waals surface area contributed by atoms with Crippen LogP contribution in [-0.4, -0.2) is 165 Å². The number of hydrogen-bond donors (Lipinski definition) is 0. The highest BCUT2D eigenvalue weighted by Gasteiger charge is 2.30. The van der Waals surface area contributed by atoms with Crippen molar-refractivity contribution in [2.75, 3.05) is 0 Å². The highest BCUT2D eigenvalue weighted by molar-refractivity contribution is 6.75. The van der Waals surface area contributed by atoms with E-state index in [4.69, 9.17) is 169 Å². The summed E-state index contributed by atoms with van der Waals surface area (Å²) in [5.74, 6) is 0. The van der Waals surface area contributed by atoms with E-state index in [1.165, 1.54) is 0 Å². The Hall–Kier alpha value is -4.82. The minimum Gasteiger partial charge on any atom is -0.457 e. The first-order valence-electron chi connectivity index (χ1n) is 20.5. The molecule has 0 aliphatic heterocycles. The Labute approximate surface area is 422 Å². The zero-order valence-corrected chi connectivity index (χ0v) is 36.1. The van der Waals surface area contributed by atoms with Gasteiger partial charge in [0.25, 0.3) is 0 Å². The van der Waals surface area contributed by atoms with Gasteiger partial charge in [0.15, 0.2) is 0 Å². The van der Waals surface area contributed by atoms with Crippen LogP contribution in [0.4, 0.5) is 0 Å². The van der Waals surface area contributed by atoms with Crippen molar-refractivity contribution in [3.05, 3.63) is 42.5 Å². The first kappa shape index (κ1) is 46.9. The molecule has 0 aliphatic rings. The molecule has 0 aliphatic carbocycles. The van der Waals surface area contributed by atoms with E-state index in [-0.39, 0.29) is 180 Å². The molecular weight excluding hydrogens is 796 g/mol.